The largest absolute Gasteiger partial charge is 0.496 e. The topological polar surface area (TPSA) is 44.5 Å². The molecule has 20 heavy (non-hydrogen) atoms. The molecule has 0 aliphatic rings. The highest BCUT2D eigenvalue weighted by Crippen LogP contribution is 2.34. The van der Waals surface area contributed by atoms with Crippen molar-refractivity contribution in [2.75, 3.05) is 14.2 Å². The van der Waals surface area contributed by atoms with E-state index in [4.69, 9.17) is 38.4 Å². The van der Waals surface area contributed by atoms with Crippen molar-refractivity contribution >= 4 is 23.2 Å². The van der Waals surface area contributed by atoms with Crippen molar-refractivity contribution in [3.63, 3.8) is 0 Å². The zero-order valence-electron chi connectivity index (χ0n) is 11.2. The lowest BCUT2D eigenvalue weighted by atomic mass is 9.98. The van der Waals surface area contributed by atoms with Crippen molar-refractivity contribution in [2.24, 2.45) is 5.73 Å². The van der Waals surface area contributed by atoms with E-state index in [0.29, 0.717) is 21.5 Å². The number of hydrogen-bond acceptors (Lipinski definition) is 3. The molecule has 0 spiro atoms. The maximum Gasteiger partial charge on any atom is 0.137 e. The van der Waals surface area contributed by atoms with Crippen LogP contribution in [0.5, 0.6) is 11.5 Å². The summed E-state index contributed by atoms with van der Waals surface area (Å²) in [6.07, 6.45) is 0. The quantitative estimate of drug-likeness (QED) is 0.926. The predicted octanol–water partition coefficient (Wildman–Crippen LogP) is 4.06. The van der Waals surface area contributed by atoms with Crippen LogP contribution in [0.1, 0.15) is 17.2 Å². The molecule has 0 radical (unpaired) electrons. The van der Waals surface area contributed by atoms with Gasteiger partial charge in [-0.3, -0.25) is 0 Å². The van der Waals surface area contributed by atoms with Crippen LogP contribution in [0.15, 0.2) is 36.4 Å². The highest BCUT2D eigenvalue weighted by molar-refractivity contribution is 6.32. The Hall–Kier alpha value is -1.42. The van der Waals surface area contributed by atoms with Gasteiger partial charge >= 0.3 is 0 Å². The summed E-state index contributed by atoms with van der Waals surface area (Å²) in [5.74, 6) is 1.27. The number of rotatable bonds is 4. The summed E-state index contributed by atoms with van der Waals surface area (Å²) < 4.78 is 10.5. The van der Waals surface area contributed by atoms with Gasteiger partial charge in [0, 0.05) is 10.6 Å². The fourth-order valence-electron chi connectivity index (χ4n) is 2.00. The van der Waals surface area contributed by atoms with Gasteiger partial charge < -0.3 is 15.2 Å². The van der Waals surface area contributed by atoms with Crippen LogP contribution < -0.4 is 15.2 Å². The lowest BCUT2D eigenvalue weighted by Crippen LogP contribution is -2.13. The summed E-state index contributed by atoms with van der Waals surface area (Å²) in [7, 11) is 3.17. The van der Waals surface area contributed by atoms with Gasteiger partial charge in [-0.1, -0.05) is 29.3 Å². The SMILES string of the molecule is COc1cc(C(N)c2cc(Cl)ccc2OC)ccc1Cl. The van der Waals surface area contributed by atoms with Crippen LogP contribution in [0.25, 0.3) is 0 Å². The van der Waals surface area contributed by atoms with Gasteiger partial charge in [0.1, 0.15) is 11.5 Å². The van der Waals surface area contributed by atoms with E-state index in [2.05, 4.69) is 0 Å². The van der Waals surface area contributed by atoms with Crippen LogP contribution in [0.3, 0.4) is 0 Å². The summed E-state index contributed by atoms with van der Waals surface area (Å²) in [4.78, 5) is 0. The maximum atomic E-state index is 6.30. The molecule has 0 saturated heterocycles. The highest BCUT2D eigenvalue weighted by atomic mass is 35.5. The second-order valence-electron chi connectivity index (χ2n) is 4.26. The zero-order valence-corrected chi connectivity index (χ0v) is 12.7. The molecule has 2 aromatic rings. The van der Waals surface area contributed by atoms with Gasteiger partial charge in [0.25, 0.3) is 0 Å². The van der Waals surface area contributed by atoms with Crippen LogP contribution in [0.4, 0.5) is 0 Å². The molecule has 0 fully saturated rings. The summed E-state index contributed by atoms with van der Waals surface area (Å²) in [5, 5.41) is 1.15. The Bertz CT molecular complexity index is 617. The minimum absolute atomic E-state index is 0.380. The van der Waals surface area contributed by atoms with Gasteiger partial charge in [-0.15, -0.1) is 0 Å². The molecule has 3 nitrogen and oxygen atoms in total. The smallest absolute Gasteiger partial charge is 0.137 e. The molecule has 0 aliphatic carbocycles. The average molecular weight is 312 g/mol. The van der Waals surface area contributed by atoms with Gasteiger partial charge in [0.2, 0.25) is 0 Å². The number of benzene rings is 2. The Kier molecular flexibility index (Phi) is 4.76. The van der Waals surface area contributed by atoms with Crippen molar-refractivity contribution in [1.82, 2.24) is 0 Å². The second-order valence-corrected chi connectivity index (χ2v) is 5.10. The maximum absolute atomic E-state index is 6.30. The highest BCUT2D eigenvalue weighted by Gasteiger charge is 2.16. The van der Waals surface area contributed by atoms with Crippen LogP contribution in [0, 0.1) is 0 Å². The first-order valence-corrected chi connectivity index (χ1v) is 6.75. The third-order valence-corrected chi connectivity index (χ3v) is 3.61. The monoisotopic (exact) mass is 311 g/mol. The standard InChI is InChI=1S/C15H15Cl2NO2/c1-19-13-6-4-10(16)8-11(13)15(18)9-3-5-12(17)14(7-9)20-2/h3-8,15H,18H2,1-2H3. The third kappa shape index (κ3) is 3.01. The minimum atomic E-state index is -0.380. The number of nitrogens with two attached hydrogens (primary N) is 1. The molecule has 1 atom stereocenters. The number of hydrogen-bond donors (Lipinski definition) is 1. The van der Waals surface area contributed by atoms with E-state index in [0.717, 1.165) is 11.1 Å². The lowest BCUT2D eigenvalue weighted by Gasteiger charge is -2.17. The Morgan fingerprint density at radius 2 is 1.65 bits per heavy atom. The van der Waals surface area contributed by atoms with Gasteiger partial charge in [0.15, 0.2) is 0 Å². The molecule has 0 saturated carbocycles. The summed E-state index contributed by atoms with van der Waals surface area (Å²) in [6, 6.07) is 10.4. The van der Waals surface area contributed by atoms with Crippen LogP contribution >= 0.6 is 23.2 Å². The van der Waals surface area contributed by atoms with Crippen molar-refractivity contribution < 1.29 is 9.47 Å². The zero-order chi connectivity index (χ0) is 14.7. The molecular formula is C15H15Cl2NO2. The molecule has 0 heterocycles. The first kappa shape index (κ1) is 15.0. The second kappa shape index (κ2) is 6.35. The molecule has 0 amide bonds. The molecule has 5 heteroatoms. The molecule has 1 unspecified atom stereocenters. The number of methoxy groups -OCH3 is 2. The molecule has 2 N–H and O–H groups in total. The van der Waals surface area contributed by atoms with E-state index in [1.807, 2.05) is 12.1 Å². The van der Waals surface area contributed by atoms with E-state index in [1.54, 1.807) is 38.5 Å². The van der Waals surface area contributed by atoms with Crippen LogP contribution in [0.2, 0.25) is 10.0 Å². The fourth-order valence-corrected chi connectivity index (χ4v) is 2.37. The summed E-state index contributed by atoms with van der Waals surface area (Å²) >= 11 is 12.1. The molecule has 0 aliphatic heterocycles. The van der Waals surface area contributed by atoms with E-state index in [1.165, 1.54) is 0 Å². The molecule has 2 aromatic carbocycles. The van der Waals surface area contributed by atoms with Gasteiger partial charge in [0.05, 0.1) is 25.3 Å². The number of ether oxygens (including phenoxy) is 2. The van der Waals surface area contributed by atoms with E-state index < -0.39 is 0 Å². The van der Waals surface area contributed by atoms with E-state index in [9.17, 15) is 0 Å². The Balaban J connectivity index is 2.45. The molecular weight excluding hydrogens is 297 g/mol. The van der Waals surface area contributed by atoms with E-state index in [-0.39, 0.29) is 6.04 Å². The van der Waals surface area contributed by atoms with Crippen molar-refractivity contribution in [2.45, 2.75) is 6.04 Å². The Morgan fingerprint density at radius 1 is 0.950 bits per heavy atom. The summed E-state index contributed by atoms with van der Waals surface area (Å²) in [5.41, 5.74) is 7.97. The lowest BCUT2D eigenvalue weighted by molar-refractivity contribution is 0.407. The summed E-state index contributed by atoms with van der Waals surface area (Å²) in [6.45, 7) is 0. The van der Waals surface area contributed by atoms with Crippen molar-refractivity contribution in [3.05, 3.63) is 57.6 Å². The third-order valence-electron chi connectivity index (χ3n) is 3.06. The normalized spacial score (nSPS) is 12.1. The predicted molar refractivity (Wildman–Crippen MR) is 82.0 cm³/mol. The molecule has 2 rings (SSSR count). The molecule has 106 valence electrons. The average Bonchev–Trinajstić information content (AvgIpc) is 2.47. The first-order valence-electron chi connectivity index (χ1n) is 5.99. The Labute approximate surface area is 128 Å². The van der Waals surface area contributed by atoms with Gasteiger partial charge in [-0.2, -0.15) is 0 Å². The van der Waals surface area contributed by atoms with E-state index >= 15 is 0 Å². The first-order chi connectivity index (χ1) is 9.56. The Morgan fingerprint density at radius 3 is 2.30 bits per heavy atom. The van der Waals surface area contributed by atoms with Gasteiger partial charge in [-0.05, 0) is 35.9 Å². The molecule has 0 bridgehead atoms. The molecule has 0 aromatic heterocycles. The minimum Gasteiger partial charge on any atom is -0.496 e. The van der Waals surface area contributed by atoms with Crippen molar-refractivity contribution in [1.29, 1.82) is 0 Å². The number of halogens is 2. The van der Waals surface area contributed by atoms with Gasteiger partial charge in [-0.25, -0.2) is 0 Å². The van der Waals surface area contributed by atoms with Crippen LogP contribution in [-0.2, 0) is 0 Å². The fraction of sp³-hybridized carbons (Fsp3) is 0.200. The van der Waals surface area contributed by atoms with Crippen molar-refractivity contribution in [3.8, 4) is 11.5 Å². The van der Waals surface area contributed by atoms with Crippen LogP contribution in [-0.4, -0.2) is 14.2 Å².